The van der Waals surface area contributed by atoms with Crippen LogP contribution >= 0.6 is 0 Å². The van der Waals surface area contributed by atoms with Gasteiger partial charge in [-0.1, -0.05) is 20.8 Å². The molecule has 0 saturated heterocycles. The van der Waals surface area contributed by atoms with Crippen LogP contribution in [0.15, 0.2) is 18.3 Å². The highest BCUT2D eigenvalue weighted by Gasteiger charge is 2.19. The molecule has 0 aliphatic carbocycles. The maximum absolute atomic E-state index is 11.9. The highest BCUT2D eigenvalue weighted by Crippen LogP contribution is 2.21. The number of anilines is 2. The lowest BCUT2D eigenvalue weighted by molar-refractivity contribution is -0.120. The summed E-state index contributed by atoms with van der Waals surface area (Å²) >= 11 is 0. The van der Waals surface area contributed by atoms with Gasteiger partial charge in [0.15, 0.2) is 0 Å². The molecule has 4 heteroatoms. The highest BCUT2D eigenvalue weighted by molar-refractivity contribution is 5.93. The van der Waals surface area contributed by atoms with Gasteiger partial charge in [0.1, 0.15) is 5.82 Å². The van der Waals surface area contributed by atoms with Crippen molar-refractivity contribution in [3.05, 3.63) is 18.3 Å². The van der Waals surface area contributed by atoms with Gasteiger partial charge in [-0.2, -0.15) is 0 Å². The molecule has 2 N–H and O–H groups in total. The molecule has 16 heavy (non-hydrogen) atoms. The Labute approximate surface area is 96.5 Å². The van der Waals surface area contributed by atoms with Crippen LogP contribution in [0.5, 0.6) is 0 Å². The van der Waals surface area contributed by atoms with E-state index in [9.17, 15) is 4.79 Å². The molecular formula is C12H19N3O. The zero-order valence-corrected chi connectivity index (χ0v) is 10.3. The molecule has 0 unspecified atom stereocenters. The van der Waals surface area contributed by atoms with E-state index in [-0.39, 0.29) is 11.3 Å². The lowest BCUT2D eigenvalue weighted by atomic mass is 9.91. The Bertz CT molecular complexity index is 365. The molecule has 1 aromatic rings. The second-order valence-corrected chi connectivity index (χ2v) is 5.13. The zero-order valence-electron chi connectivity index (χ0n) is 10.3. The first-order valence-electron chi connectivity index (χ1n) is 5.28. The van der Waals surface area contributed by atoms with Crippen LogP contribution in [-0.4, -0.2) is 17.9 Å². The Morgan fingerprint density at radius 2 is 2.06 bits per heavy atom. The van der Waals surface area contributed by atoms with E-state index in [0.717, 1.165) is 5.69 Å². The van der Waals surface area contributed by atoms with E-state index in [1.807, 2.05) is 20.8 Å². The van der Waals surface area contributed by atoms with Crippen LogP contribution < -0.4 is 10.6 Å². The first-order valence-corrected chi connectivity index (χ1v) is 5.28. The number of rotatable bonds is 2. The Morgan fingerprint density at radius 3 is 2.50 bits per heavy atom. The summed E-state index contributed by atoms with van der Waals surface area (Å²) in [7, 11) is 1.75. The Kier molecular flexibility index (Phi) is 3.52. The van der Waals surface area contributed by atoms with Crippen molar-refractivity contribution in [2.45, 2.75) is 27.2 Å². The van der Waals surface area contributed by atoms with E-state index >= 15 is 0 Å². The number of hydrogen-bond donors (Lipinski definition) is 1. The number of nitrogen functional groups attached to an aromatic ring is 1. The number of nitrogens with zero attached hydrogens (tertiary/aromatic N) is 2. The van der Waals surface area contributed by atoms with Crippen LogP contribution in [0.1, 0.15) is 27.2 Å². The van der Waals surface area contributed by atoms with E-state index < -0.39 is 0 Å². The normalized spacial score (nSPS) is 11.2. The van der Waals surface area contributed by atoms with Gasteiger partial charge in [0.05, 0.1) is 11.9 Å². The van der Waals surface area contributed by atoms with E-state index in [1.165, 1.54) is 0 Å². The Morgan fingerprint density at radius 1 is 1.44 bits per heavy atom. The lowest BCUT2D eigenvalue weighted by Gasteiger charge is -2.23. The average Bonchev–Trinajstić information content (AvgIpc) is 2.15. The third-order valence-corrected chi connectivity index (χ3v) is 2.21. The third kappa shape index (κ3) is 3.53. The molecule has 4 nitrogen and oxygen atoms in total. The van der Waals surface area contributed by atoms with Crippen molar-refractivity contribution in [2.24, 2.45) is 5.41 Å². The Hall–Kier alpha value is -1.58. The predicted octanol–water partition coefficient (Wildman–Crippen LogP) is 2.06. The van der Waals surface area contributed by atoms with Crippen LogP contribution in [0.3, 0.4) is 0 Å². The number of pyridine rings is 1. The van der Waals surface area contributed by atoms with Crippen molar-refractivity contribution in [2.75, 3.05) is 17.7 Å². The minimum absolute atomic E-state index is 0.00736. The van der Waals surface area contributed by atoms with Crippen molar-refractivity contribution in [3.8, 4) is 0 Å². The highest BCUT2D eigenvalue weighted by atomic mass is 16.2. The summed E-state index contributed by atoms with van der Waals surface area (Å²) in [6.45, 7) is 6.12. The van der Waals surface area contributed by atoms with Crippen molar-refractivity contribution in [1.29, 1.82) is 0 Å². The molecule has 0 saturated carbocycles. The molecule has 0 spiro atoms. The number of nitrogens with two attached hydrogens (primary N) is 1. The topological polar surface area (TPSA) is 59.2 Å². The van der Waals surface area contributed by atoms with Crippen LogP contribution in [-0.2, 0) is 4.79 Å². The number of hydrogen-bond acceptors (Lipinski definition) is 3. The molecule has 1 amide bonds. The maximum atomic E-state index is 11.9. The van der Waals surface area contributed by atoms with Gasteiger partial charge in [-0.3, -0.25) is 4.79 Å². The summed E-state index contributed by atoms with van der Waals surface area (Å²) < 4.78 is 0. The maximum Gasteiger partial charge on any atom is 0.227 e. The van der Waals surface area contributed by atoms with Gasteiger partial charge in [0.2, 0.25) is 5.91 Å². The smallest absolute Gasteiger partial charge is 0.227 e. The van der Waals surface area contributed by atoms with E-state index in [0.29, 0.717) is 12.2 Å². The van der Waals surface area contributed by atoms with E-state index in [4.69, 9.17) is 5.73 Å². The fourth-order valence-electron chi connectivity index (χ4n) is 1.31. The van der Waals surface area contributed by atoms with Crippen molar-refractivity contribution in [1.82, 2.24) is 4.98 Å². The van der Waals surface area contributed by atoms with Gasteiger partial charge in [0.25, 0.3) is 0 Å². The predicted molar refractivity (Wildman–Crippen MR) is 66.1 cm³/mol. The average molecular weight is 221 g/mol. The number of carbonyl (C=O) groups is 1. The molecule has 1 rings (SSSR count). The van der Waals surface area contributed by atoms with Gasteiger partial charge in [-0.25, -0.2) is 4.98 Å². The van der Waals surface area contributed by atoms with Crippen LogP contribution in [0.25, 0.3) is 0 Å². The molecule has 1 aromatic heterocycles. The monoisotopic (exact) mass is 221 g/mol. The largest absolute Gasteiger partial charge is 0.384 e. The molecule has 0 bridgehead atoms. The van der Waals surface area contributed by atoms with Crippen molar-refractivity contribution in [3.63, 3.8) is 0 Å². The summed E-state index contributed by atoms with van der Waals surface area (Å²) in [4.78, 5) is 17.5. The second kappa shape index (κ2) is 4.51. The van der Waals surface area contributed by atoms with Crippen LogP contribution in [0.2, 0.25) is 0 Å². The van der Waals surface area contributed by atoms with Crippen LogP contribution in [0, 0.1) is 5.41 Å². The third-order valence-electron chi connectivity index (χ3n) is 2.21. The first kappa shape index (κ1) is 12.5. The van der Waals surface area contributed by atoms with Gasteiger partial charge in [0, 0.05) is 13.5 Å². The zero-order chi connectivity index (χ0) is 12.3. The molecule has 0 aromatic carbocycles. The SMILES string of the molecule is CN(C(=O)CC(C)(C)C)c1ccc(N)nc1. The van der Waals surface area contributed by atoms with Crippen LogP contribution in [0.4, 0.5) is 11.5 Å². The minimum atomic E-state index is -0.00736. The standard InChI is InChI=1S/C12H19N3O/c1-12(2,3)7-11(16)15(4)9-5-6-10(13)14-8-9/h5-6,8H,7H2,1-4H3,(H2,13,14). The van der Waals surface area contributed by atoms with Crippen molar-refractivity contribution >= 4 is 17.4 Å². The molecule has 88 valence electrons. The molecule has 1 heterocycles. The van der Waals surface area contributed by atoms with Gasteiger partial charge in [-0.15, -0.1) is 0 Å². The Balaban J connectivity index is 2.74. The minimum Gasteiger partial charge on any atom is -0.384 e. The summed E-state index contributed by atoms with van der Waals surface area (Å²) in [5.74, 6) is 0.541. The fraction of sp³-hybridized carbons (Fsp3) is 0.500. The lowest BCUT2D eigenvalue weighted by Crippen LogP contribution is -2.29. The summed E-state index contributed by atoms with van der Waals surface area (Å²) in [6.07, 6.45) is 2.11. The molecule has 0 aliphatic heterocycles. The number of amides is 1. The number of aromatic nitrogens is 1. The van der Waals surface area contributed by atoms with Gasteiger partial charge in [-0.05, 0) is 17.5 Å². The van der Waals surface area contributed by atoms with E-state index in [1.54, 1.807) is 30.3 Å². The summed E-state index contributed by atoms with van der Waals surface area (Å²) in [5.41, 5.74) is 6.25. The molecule has 0 aliphatic rings. The van der Waals surface area contributed by atoms with Gasteiger partial charge >= 0.3 is 0 Å². The molecule has 0 atom stereocenters. The van der Waals surface area contributed by atoms with Crippen molar-refractivity contribution < 1.29 is 4.79 Å². The molecule has 0 radical (unpaired) electrons. The molecule has 0 fully saturated rings. The summed E-state index contributed by atoms with van der Waals surface area (Å²) in [5, 5.41) is 0. The first-order chi connectivity index (χ1) is 7.29. The number of carbonyl (C=O) groups excluding carboxylic acids is 1. The summed E-state index contributed by atoms with van der Waals surface area (Å²) in [6, 6.07) is 3.49. The van der Waals surface area contributed by atoms with Gasteiger partial charge < -0.3 is 10.6 Å². The fourth-order valence-corrected chi connectivity index (χ4v) is 1.31. The molecular weight excluding hydrogens is 202 g/mol. The second-order valence-electron chi connectivity index (χ2n) is 5.13. The quantitative estimate of drug-likeness (QED) is 0.831. The van der Waals surface area contributed by atoms with E-state index in [2.05, 4.69) is 4.98 Å².